The van der Waals surface area contributed by atoms with Crippen molar-refractivity contribution in [3.63, 3.8) is 0 Å². The highest BCUT2D eigenvalue weighted by molar-refractivity contribution is 5.85. The van der Waals surface area contributed by atoms with Gasteiger partial charge in [-0.05, 0) is 24.8 Å². The van der Waals surface area contributed by atoms with E-state index in [2.05, 4.69) is 6.92 Å². The molecule has 1 aliphatic heterocycles. The number of carbonyl (C=O) groups excluding carboxylic acids is 1. The fourth-order valence-electron chi connectivity index (χ4n) is 2.65. The van der Waals surface area contributed by atoms with E-state index in [0.29, 0.717) is 12.5 Å². The summed E-state index contributed by atoms with van der Waals surface area (Å²) in [6, 6.07) is 7.25. The van der Waals surface area contributed by atoms with E-state index in [9.17, 15) is 4.79 Å². The number of hydrogen-bond donors (Lipinski definition) is 1. The van der Waals surface area contributed by atoms with Gasteiger partial charge in [0.15, 0.2) is 0 Å². The van der Waals surface area contributed by atoms with Crippen LogP contribution in [-0.2, 0) is 9.53 Å². The first-order chi connectivity index (χ1) is 9.52. The molecule has 1 aliphatic rings. The van der Waals surface area contributed by atoms with Crippen LogP contribution in [-0.4, -0.2) is 37.1 Å². The molecule has 4 nitrogen and oxygen atoms in total. The van der Waals surface area contributed by atoms with Crippen molar-refractivity contribution in [2.75, 3.05) is 20.2 Å². The predicted molar refractivity (Wildman–Crippen MR) is 86.5 cm³/mol. The normalized spacial score (nSPS) is 23.3. The van der Waals surface area contributed by atoms with Crippen LogP contribution in [0, 0.1) is 12.8 Å². The number of nitrogens with two attached hydrogens (primary N) is 1. The molecule has 0 bridgehead atoms. The second-order valence-corrected chi connectivity index (χ2v) is 5.71. The molecule has 1 saturated heterocycles. The van der Waals surface area contributed by atoms with Crippen molar-refractivity contribution in [2.45, 2.75) is 32.4 Å². The first kappa shape index (κ1) is 18.0. The Balaban J connectivity index is 0.00000220. The van der Waals surface area contributed by atoms with Gasteiger partial charge in [0.05, 0.1) is 6.10 Å². The number of ether oxygens (including phenoxy) is 1. The molecule has 0 aromatic heterocycles. The van der Waals surface area contributed by atoms with Gasteiger partial charge in [0.25, 0.3) is 0 Å². The Morgan fingerprint density at radius 1 is 1.38 bits per heavy atom. The molecule has 0 radical (unpaired) electrons. The number of rotatable bonds is 3. The van der Waals surface area contributed by atoms with Gasteiger partial charge in [0.2, 0.25) is 5.91 Å². The quantitative estimate of drug-likeness (QED) is 0.931. The summed E-state index contributed by atoms with van der Waals surface area (Å²) in [5, 5.41) is 0. The summed E-state index contributed by atoms with van der Waals surface area (Å²) >= 11 is 0. The van der Waals surface area contributed by atoms with Crippen LogP contribution in [0.15, 0.2) is 24.3 Å². The molecule has 118 valence electrons. The Bertz CT molecular complexity index is 464. The number of aryl methyl sites for hydroxylation is 1. The molecule has 1 amide bonds. The van der Waals surface area contributed by atoms with Crippen LogP contribution in [0.2, 0.25) is 0 Å². The van der Waals surface area contributed by atoms with E-state index in [0.717, 1.165) is 18.5 Å². The lowest BCUT2D eigenvalue weighted by Crippen LogP contribution is -2.49. The van der Waals surface area contributed by atoms with Crippen molar-refractivity contribution >= 4 is 18.3 Å². The Labute approximate surface area is 133 Å². The zero-order valence-electron chi connectivity index (χ0n) is 12.9. The third kappa shape index (κ3) is 4.19. The Morgan fingerprint density at radius 3 is 2.57 bits per heavy atom. The number of piperidine rings is 1. The van der Waals surface area contributed by atoms with Crippen LogP contribution in [0.1, 0.15) is 30.5 Å². The lowest BCUT2D eigenvalue weighted by molar-refractivity contribution is -0.137. The number of methoxy groups -OCH3 is 1. The maximum absolute atomic E-state index is 12.5. The van der Waals surface area contributed by atoms with E-state index in [1.165, 1.54) is 5.56 Å². The van der Waals surface area contributed by atoms with Crippen molar-refractivity contribution in [2.24, 2.45) is 11.7 Å². The largest absolute Gasteiger partial charge is 0.379 e. The predicted octanol–water partition coefficient (Wildman–Crippen LogP) is 2.30. The molecule has 0 aliphatic carbocycles. The number of halogens is 1. The molecule has 5 heteroatoms. The zero-order chi connectivity index (χ0) is 14.7. The molecule has 2 rings (SSSR count). The Hall–Kier alpha value is -1.10. The van der Waals surface area contributed by atoms with E-state index in [1.807, 2.05) is 36.1 Å². The van der Waals surface area contributed by atoms with Gasteiger partial charge >= 0.3 is 0 Å². The van der Waals surface area contributed by atoms with E-state index in [4.69, 9.17) is 10.5 Å². The van der Waals surface area contributed by atoms with Crippen molar-refractivity contribution in [1.29, 1.82) is 0 Å². The molecule has 0 saturated carbocycles. The molecular formula is C16H25ClN2O2. The number of nitrogens with zero attached hydrogens (tertiary/aromatic N) is 1. The van der Waals surface area contributed by atoms with E-state index in [-0.39, 0.29) is 24.4 Å². The highest BCUT2D eigenvalue weighted by atomic mass is 35.5. The number of benzene rings is 1. The smallest absolute Gasteiger partial charge is 0.244 e. The molecule has 3 atom stereocenters. The molecule has 1 aromatic rings. The van der Waals surface area contributed by atoms with Crippen molar-refractivity contribution in [3.05, 3.63) is 35.4 Å². The van der Waals surface area contributed by atoms with Crippen LogP contribution in [0.5, 0.6) is 0 Å². The van der Waals surface area contributed by atoms with Crippen LogP contribution in [0.4, 0.5) is 0 Å². The minimum atomic E-state index is -0.582. The maximum atomic E-state index is 12.5. The van der Waals surface area contributed by atoms with Crippen LogP contribution >= 0.6 is 12.4 Å². The maximum Gasteiger partial charge on any atom is 0.244 e. The number of carbonyl (C=O) groups is 1. The van der Waals surface area contributed by atoms with Gasteiger partial charge in [-0.25, -0.2) is 0 Å². The van der Waals surface area contributed by atoms with Crippen molar-refractivity contribution in [3.8, 4) is 0 Å². The zero-order valence-corrected chi connectivity index (χ0v) is 13.7. The Kier molecular flexibility index (Phi) is 6.65. The summed E-state index contributed by atoms with van der Waals surface area (Å²) in [6.45, 7) is 5.58. The molecule has 0 spiro atoms. The van der Waals surface area contributed by atoms with E-state index >= 15 is 0 Å². The van der Waals surface area contributed by atoms with Crippen LogP contribution in [0.25, 0.3) is 0 Å². The molecule has 21 heavy (non-hydrogen) atoms. The summed E-state index contributed by atoms with van der Waals surface area (Å²) < 4.78 is 5.45. The summed E-state index contributed by atoms with van der Waals surface area (Å²) in [6.07, 6.45) is 1.07. The molecule has 1 fully saturated rings. The van der Waals surface area contributed by atoms with E-state index in [1.54, 1.807) is 7.11 Å². The van der Waals surface area contributed by atoms with Gasteiger partial charge in [-0.2, -0.15) is 0 Å². The number of hydrogen-bond acceptors (Lipinski definition) is 3. The van der Waals surface area contributed by atoms with Crippen LogP contribution < -0.4 is 5.73 Å². The van der Waals surface area contributed by atoms with Gasteiger partial charge < -0.3 is 15.4 Å². The third-order valence-electron chi connectivity index (χ3n) is 4.21. The summed E-state index contributed by atoms with van der Waals surface area (Å²) in [5.74, 6) is 0.474. The first-order valence-electron chi connectivity index (χ1n) is 7.16. The average Bonchev–Trinajstić information content (AvgIpc) is 2.47. The average molecular weight is 313 g/mol. The Morgan fingerprint density at radius 2 is 2.00 bits per heavy atom. The van der Waals surface area contributed by atoms with Gasteiger partial charge in [-0.3, -0.25) is 4.79 Å². The SMILES string of the molecule is COC1CN(C(=O)C(N)c2ccc(C)cc2)CCC1C.Cl. The fourth-order valence-corrected chi connectivity index (χ4v) is 2.65. The molecule has 1 heterocycles. The molecular weight excluding hydrogens is 288 g/mol. The number of amides is 1. The van der Waals surface area contributed by atoms with Gasteiger partial charge in [0, 0.05) is 20.2 Å². The van der Waals surface area contributed by atoms with Crippen molar-refractivity contribution < 1.29 is 9.53 Å². The topological polar surface area (TPSA) is 55.6 Å². The summed E-state index contributed by atoms with van der Waals surface area (Å²) in [5.41, 5.74) is 8.14. The molecule has 1 aromatic carbocycles. The van der Waals surface area contributed by atoms with E-state index < -0.39 is 6.04 Å². The number of likely N-dealkylation sites (tertiary alicyclic amines) is 1. The van der Waals surface area contributed by atoms with Gasteiger partial charge in [-0.1, -0.05) is 36.8 Å². The lowest BCUT2D eigenvalue weighted by Gasteiger charge is -2.37. The lowest BCUT2D eigenvalue weighted by atomic mass is 9.94. The van der Waals surface area contributed by atoms with Gasteiger partial charge in [0.1, 0.15) is 6.04 Å². The minimum Gasteiger partial charge on any atom is -0.379 e. The second kappa shape index (κ2) is 7.78. The van der Waals surface area contributed by atoms with Gasteiger partial charge in [-0.15, -0.1) is 12.4 Å². The van der Waals surface area contributed by atoms with Crippen LogP contribution in [0.3, 0.4) is 0 Å². The third-order valence-corrected chi connectivity index (χ3v) is 4.21. The molecule has 2 N–H and O–H groups in total. The standard InChI is InChI=1S/C16H24N2O2.ClH/c1-11-4-6-13(7-5-11)15(17)16(19)18-9-8-12(2)14(10-18)20-3;/h4-7,12,14-15H,8-10,17H2,1-3H3;1H. The summed E-state index contributed by atoms with van der Waals surface area (Å²) in [4.78, 5) is 14.3. The highest BCUT2D eigenvalue weighted by Crippen LogP contribution is 2.22. The fraction of sp³-hybridized carbons (Fsp3) is 0.562. The first-order valence-corrected chi connectivity index (χ1v) is 7.16. The minimum absolute atomic E-state index is 0. The molecule has 3 unspecified atom stereocenters. The summed E-state index contributed by atoms with van der Waals surface area (Å²) in [7, 11) is 1.70. The highest BCUT2D eigenvalue weighted by Gasteiger charge is 2.31. The van der Waals surface area contributed by atoms with Crippen molar-refractivity contribution in [1.82, 2.24) is 4.90 Å². The second-order valence-electron chi connectivity index (χ2n) is 5.71. The monoisotopic (exact) mass is 312 g/mol.